The van der Waals surface area contributed by atoms with Crippen molar-refractivity contribution in [1.82, 2.24) is 20.1 Å². The normalized spacial score (nSPS) is 18.1. The molecule has 1 atom stereocenters. The van der Waals surface area contributed by atoms with Crippen LogP contribution in [0.2, 0.25) is 5.15 Å². The minimum atomic E-state index is -0.652. The number of carbonyl (C=O) groups is 3. The van der Waals surface area contributed by atoms with E-state index in [9.17, 15) is 14.4 Å². The number of carbonyl (C=O) groups excluding carboxylic acids is 3. The number of methoxy groups -OCH3 is 1. The summed E-state index contributed by atoms with van der Waals surface area (Å²) in [6, 6.07) is 4.93. The van der Waals surface area contributed by atoms with E-state index in [1.807, 2.05) is 27.8 Å². The number of pyridine rings is 1. The summed E-state index contributed by atoms with van der Waals surface area (Å²) in [6.45, 7) is 14.0. The molecule has 1 aromatic heterocycles. The summed E-state index contributed by atoms with van der Waals surface area (Å²) in [5, 5.41) is 14.9. The Bertz CT molecular complexity index is 1510. The highest BCUT2D eigenvalue weighted by molar-refractivity contribution is 6.45. The lowest BCUT2D eigenvalue weighted by Crippen LogP contribution is -2.41. The molecule has 1 unspecified atom stereocenters. The van der Waals surface area contributed by atoms with Gasteiger partial charge in [0.2, 0.25) is 0 Å². The van der Waals surface area contributed by atoms with Gasteiger partial charge in [-0.2, -0.15) is 0 Å². The highest BCUT2D eigenvalue weighted by Gasteiger charge is 2.30. The summed E-state index contributed by atoms with van der Waals surface area (Å²) in [5.74, 6) is 1.10. The first kappa shape index (κ1) is 38.7. The third-order valence-corrected chi connectivity index (χ3v) is 8.79. The van der Waals surface area contributed by atoms with Gasteiger partial charge in [-0.25, -0.2) is 9.78 Å². The Morgan fingerprint density at radius 2 is 1.86 bits per heavy atom. The molecule has 4 heterocycles. The number of hydrogen-bond donors (Lipinski definition) is 3. The number of benzene rings is 1. The number of aromatic nitrogens is 1. The van der Waals surface area contributed by atoms with Crippen molar-refractivity contribution in [3.8, 4) is 11.5 Å². The molecule has 2 amide bonds. The van der Waals surface area contributed by atoms with Crippen molar-refractivity contribution in [3.63, 3.8) is 0 Å². The molecule has 3 aliphatic heterocycles. The average Bonchev–Trinajstić information content (AvgIpc) is 3.48. The Labute approximate surface area is 299 Å². The molecule has 0 spiro atoms. The van der Waals surface area contributed by atoms with Crippen LogP contribution in [0, 0.1) is 11.3 Å². The van der Waals surface area contributed by atoms with Gasteiger partial charge in [-0.1, -0.05) is 18.5 Å². The second-order valence-corrected chi connectivity index (χ2v) is 14.1. The van der Waals surface area contributed by atoms with Crippen molar-refractivity contribution in [1.29, 1.82) is 5.41 Å². The highest BCUT2D eigenvalue weighted by Crippen LogP contribution is 2.42. The number of nitrogens with one attached hydrogen (secondary N) is 3. The number of ether oxygens (including phenoxy) is 4. The first-order valence-corrected chi connectivity index (χ1v) is 17.3. The predicted molar refractivity (Wildman–Crippen MR) is 192 cm³/mol. The fraction of sp³-hybridized carbons (Fsp3) is 0.571. The largest absolute Gasteiger partial charge is 0.494 e. The Hall–Kier alpha value is -4.14. The molecule has 0 radical (unpaired) electrons. The summed E-state index contributed by atoms with van der Waals surface area (Å²) in [7, 11) is 3.53. The molecule has 0 bridgehead atoms. The maximum Gasteiger partial charge on any atom is 0.415 e. The SMILES string of the molecule is CN1CCC(OC=O)C1.COc1cc2c(cc1Nc1cc(Cl)ncc1C(=N)C(=O)NCCN1CCC(C)CC1)OCCN2C(=O)OC(C)(C)C. The molecule has 2 aromatic rings. The third-order valence-electron chi connectivity index (χ3n) is 8.58. The first-order chi connectivity index (χ1) is 23.8. The molecule has 274 valence electrons. The summed E-state index contributed by atoms with van der Waals surface area (Å²) >= 11 is 6.20. The molecule has 15 heteroatoms. The van der Waals surface area contributed by atoms with Crippen molar-refractivity contribution in [2.24, 2.45) is 5.92 Å². The van der Waals surface area contributed by atoms with Crippen molar-refractivity contribution >= 4 is 52.8 Å². The van der Waals surface area contributed by atoms with E-state index >= 15 is 0 Å². The Kier molecular flexibility index (Phi) is 13.7. The highest BCUT2D eigenvalue weighted by atomic mass is 35.5. The Morgan fingerprint density at radius 3 is 2.50 bits per heavy atom. The van der Waals surface area contributed by atoms with Crippen LogP contribution < -0.4 is 25.0 Å². The van der Waals surface area contributed by atoms with Crippen molar-refractivity contribution in [2.75, 3.05) is 76.8 Å². The van der Waals surface area contributed by atoms with Crippen LogP contribution >= 0.6 is 11.6 Å². The average molecular weight is 716 g/mol. The first-order valence-electron chi connectivity index (χ1n) is 16.9. The molecular weight excluding hydrogens is 666 g/mol. The van der Waals surface area contributed by atoms with Gasteiger partial charge in [-0.15, -0.1) is 0 Å². The van der Waals surface area contributed by atoms with Gasteiger partial charge in [-0.05, 0) is 72.2 Å². The van der Waals surface area contributed by atoms with Crippen molar-refractivity contribution in [3.05, 3.63) is 35.1 Å². The van der Waals surface area contributed by atoms with Gasteiger partial charge in [0.25, 0.3) is 12.4 Å². The Morgan fingerprint density at radius 1 is 1.12 bits per heavy atom. The molecule has 3 aliphatic rings. The number of likely N-dealkylation sites (tertiary alicyclic amines) is 2. The van der Waals surface area contributed by atoms with Gasteiger partial charge in [0.15, 0.2) is 0 Å². The number of rotatable bonds is 10. The number of fused-ring (bicyclic) bond motifs is 1. The van der Waals surface area contributed by atoms with Crippen molar-refractivity contribution in [2.45, 2.75) is 58.7 Å². The van der Waals surface area contributed by atoms with E-state index in [1.165, 1.54) is 18.2 Å². The number of piperidine rings is 1. The molecular formula is C35H50ClN7O7. The molecule has 50 heavy (non-hydrogen) atoms. The smallest absolute Gasteiger partial charge is 0.415 e. The predicted octanol–water partition coefficient (Wildman–Crippen LogP) is 4.70. The maximum atomic E-state index is 12.9. The maximum absolute atomic E-state index is 12.9. The number of anilines is 3. The lowest BCUT2D eigenvalue weighted by molar-refractivity contribution is -0.132. The lowest BCUT2D eigenvalue weighted by atomic mass is 9.99. The summed E-state index contributed by atoms with van der Waals surface area (Å²) in [6.07, 6.45) is 4.35. The molecule has 0 aliphatic carbocycles. The minimum Gasteiger partial charge on any atom is -0.494 e. The molecule has 3 N–H and O–H groups in total. The van der Waals surface area contributed by atoms with E-state index in [1.54, 1.807) is 18.2 Å². The number of likely N-dealkylation sites (N-methyl/N-ethyl adjacent to an activating group) is 1. The molecule has 2 fully saturated rings. The minimum absolute atomic E-state index is 0.146. The van der Waals surface area contributed by atoms with Crippen LogP contribution in [-0.4, -0.2) is 117 Å². The van der Waals surface area contributed by atoms with Gasteiger partial charge < -0.3 is 39.4 Å². The van der Waals surface area contributed by atoms with Crippen LogP contribution in [0.1, 0.15) is 52.5 Å². The zero-order chi connectivity index (χ0) is 36.4. The topological polar surface area (TPSA) is 159 Å². The van der Waals surface area contributed by atoms with E-state index in [-0.39, 0.29) is 29.1 Å². The van der Waals surface area contributed by atoms with Crippen LogP contribution in [0.4, 0.5) is 21.9 Å². The molecule has 5 rings (SSSR count). The van der Waals surface area contributed by atoms with E-state index in [2.05, 4.69) is 32.3 Å². The standard InChI is InChI=1S/C29H39ClN6O5.C6H11NO2/c1-18-6-9-35(10-7-18)11-8-32-27(37)26(31)19-17-33-25(30)15-20(19)34-21-14-24-22(16-23(21)39-5)36(12-13-40-24)28(38)41-29(2,3)4;1-7-3-2-6(4-7)9-5-8/h14-18,31H,6-13H2,1-5H3,(H,32,37)(H,33,34);5-6H,2-4H2,1H3. The van der Waals surface area contributed by atoms with Crippen LogP contribution in [0.5, 0.6) is 11.5 Å². The van der Waals surface area contributed by atoms with Gasteiger partial charge >= 0.3 is 6.09 Å². The second kappa shape index (κ2) is 17.7. The van der Waals surface area contributed by atoms with E-state index in [4.69, 9.17) is 36.0 Å². The zero-order valence-electron chi connectivity index (χ0n) is 29.8. The second-order valence-electron chi connectivity index (χ2n) is 13.7. The third kappa shape index (κ3) is 10.9. The van der Waals surface area contributed by atoms with Crippen LogP contribution in [0.25, 0.3) is 0 Å². The number of hydrogen-bond acceptors (Lipinski definition) is 12. The monoisotopic (exact) mass is 715 g/mol. The van der Waals surface area contributed by atoms with E-state index < -0.39 is 17.6 Å². The summed E-state index contributed by atoms with van der Waals surface area (Å²) < 4.78 is 21.8. The lowest BCUT2D eigenvalue weighted by Gasteiger charge is -2.32. The fourth-order valence-electron chi connectivity index (χ4n) is 5.80. The quantitative estimate of drug-likeness (QED) is 0.178. The fourth-order valence-corrected chi connectivity index (χ4v) is 5.96. The van der Waals surface area contributed by atoms with Crippen LogP contribution in [0.3, 0.4) is 0 Å². The van der Waals surface area contributed by atoms with Gasteiger partial charge in [0, 0.05) is 50.1 Å². The molecule has 2 saturated heterocycles. The van der Waals surface area contributed by atoms with Crippen LogP contribution in [-0.2, 0) is 19.1 Å². The molecule has 1 aromatic carbocycles. The molecule has 14 nitrogen and oxygen atoms in total. The summed E-state index contributed by atoms with van der Waals surface area (Å²) in [5.41, 5.74) is 0.780. The van der Waals surface area contributed by atoms with Crippen molar-refractivity contribution < 1.29 is 33.3 Å². The number of halogens is 1. The summed E-state index contributed by atoms with van der Waals surface area (Å²) in [4.78, 5) is 45.7. The van der Waals surface area contributed by atoms with E-state index in [0.717, 1.165) is 57.9 Å². The molecule has 0 saturated carbocycles. The van der Waals surface area contributed by atoms with Gasteiger partial charge in [0.1, 0.15) is 40.7 Å². The van der Waals surface area contributed by atoms with Crippen LogP contribution in [0.15, 0.2) is 24.4 Å². The van der Waals surface area contributed by atoms with Gasteiger partial charge in [-0.3, -0.25) is 19.9 Å². The van der Waals surface area contributed by atoms with E-state index in [0.29, 0.717) is 48.1 Å². The van der Waals surface area contributed by atoms with Gasteiger partial charge in [0.05, 0.1) is 30.7 Å². The zero-order valence-corrected chi connectivity index (χ0v) is 30.6. The Balaban J connectivity index is 0.000000541. The number of nitrogens with zero attached hydrogens (tertiary/aromatic N) is 4. The number of amides is 2.